The Bertz CT molecular complexity index is 1610. The van der Waals surface area contributed by atoms with Crippen molar-refractivity contribution in [1.82, 2.24) is 0 Å². The lowest BCUT2D eigenvalue weighted by Crippen LogP contribution is -2.28. The second-order valence-corrected chi connectivity index (χ2v) is 9.07. The molecule has 5 rings (SSSR count). The van der Waals surface area contributed by atoms with Gasteiger partial charge >= 0.3 is 6.18 Å². The highest BCUT2D eigenvalue weighted by Gasteiger charge is 2.40. The molecule has 0 aliphatic heterocycles. The number of hydrogen-bond acceptors (Lipinski definition) is 2. The number of alkyl halides is 3. The molecule has 0 unspecified atom stereocenters. The second kappa shape index (κ2) is 12.3. The second-order valence-electron chi connectivity index (χ2n) is 9.07. The van der Waals surface area contributed by atoms with E-state index in [9.17, 15) is 13.2 Å². The molecule has 0 saturated heterocycles. The van der Waals surface area contributed by atoms with Crippen LogP contribution >= 0.6 is 0 Å². The van der Waals surface area contributed by atoms with Crippen LogP contribution in [0, 0.1) is 11.8 Å². The van der Waals surface area contributed by atoms with Crippen LogP contribution in [0.15, 0.2) is 161 Å². The molecule has 0 saturated carbocycles. The summed E-state index contributed by atoms with van der Waals surface area (Å²) in [5.74, 6) is 4.54. The van der Waals surface area contributed by atoms with Gasteiger partial charge in [-0.2, -0.15) is 18.3 Å². The lowest BCUT2D eigenvalue weighted by atomic mass is 9.78. The van der Waals surface area contributed by atoms with Gasteiger partial charge in [0.25, 0.3) is 5.84 Å². The van der Waals surface area contributed by atoms with E-state index in [-0.39, 0.29) is 5.69 Å². The minimum atomic E-state index is -4.88. The Balaban J connectivity index is 1.68. The first-order chi connectivity index (χ1) is 20.0. The lowest BCUT2D eigenvalue weighted by Gasteiger charge is -2.30. The number of azo groups is 1. The topological polar surface area (TPSA) is 37.1 Å². The first-order valence-electron chi connectivity index (χ1n) is 12.9. The van der Waals surface area contributed by atoms with Gasteiger partial charge in [0.15, 0.2) is 5.54 Å². The van der Waals surface area contributed by atoms with Crippen LogP contribution in [0.4, 0.5) is 18.9 Å². The minimum Gasteiger partial charge on any atom is -0.222 e. The van der Waals surface area contributed by atoms with E-state index in [0.717, 1.165) is 5.56 Å². The highest BCUT2D eigenvalue weighted by molar-refractivity contribution is 5.90. The molecule has 0 heterocycles. The molecule has 5 aromatic rings. The normalized spacial score (nSPS) is 12.1. The smallest absolute Gasteiger partial charge is 0.222 e. The Morgan fingerprint density at radius 1 is 0.512 bits per heavy atom. The average Bonchev–Trinajstić information content (AvgIpc) is 3.02. The van der Waals surface area contributed by atoms with Gasteiger partial charge in [0.2, 0.25) is 0 Å². The van der Waals surface area contributed by atoms with Crippen molar-refractivity contribution in [3.05, 3.63) is 173 Å². The summed E-state index contributed by atoms with van der Waals surface area (Å²) in [5.41, 5.74) is 1.76. The highest BCUT2D eigenvalue weighted by Crippen LogP contribution is 2.41. The van der Waals surface area contributed by atoms with E-state index in [1.54, 1.807) is 18.2 Å². The fraction of sp³-hybridized carbons (Fsp3) is 0.0571. The van der Waals surface area contributed by atoms with Crippen LogP contribution in [0.2, 0.25) is 0 Å². The first kappa shape index (κ1) is 27.3. The molecule has 3 nitrogen and oxygen atoms in total. The quantitative estimate of drug-likeness (QED) is 0.0697. The van der Waals surface area contributed by atoms with E-state index in [2.05, 4.69) is 27.1 Å². The van der Waals surface area contributed by atoms with Crippen molar-refractivity contribution in [2.24, 2.45) is 15.2 Å². The van der Waals surface area contributed by atoms with Gasteiger partial charge in [-0.05, 0) is 41.0 Å². The summed E-state index contributed by atoms with van der Waals surface area (Å²) in [4.78, 5) is 3.95. The monoisotopic (exact) mass is 543 g/mol. The fourth-order valence-corrected chi connectivity index (χ4v) is 4.43. The molecular formula is C35H24F3N3. The molecule has 41 heavy (non-hydrogen) atoms. The third-order valence-electron chi connectivity index (χ3n) is 6.37. The van der Waals surface area contributed by atoms with Crippen LogP contribution in [-0.4, -0.2) is 12.0 Å². The van der Waals surface area contributed by atoms with Gasteiger partial charge in [0.05, 0.1) is 11.3 Å². The Hall–Kier alpha value is -5.28. The van der Waals surface area contributed by atoms with Crippen LogP contribution in [-0.2, 0) is 5.54 Å². The van der Waals surface area contributed by atoms with Crippen molar-refractivity contribution in [3.63, 3.8) is 0 Å². The van der Waals surface area contributed by atoms with Crippen molar-refractivity contribution in [1.29, 1.82) is 0 Å². The third kappa shape index (κ3) is 6.32. The molecule has 6 heteroatoms. The van der Waals surface area contributed by atoms with Crippen molar-refractivity contribution in [2.45, 2.75) is 11.7 Å². The molecule has 0 aromatic heterocycles. The summed E-state index contributed by atoms with van der Waals surface area (Å²) in [6.07, 6.45) is -4.88. The average molecular weight is 544 g/mol. The number of rotatable bonds is 5. The summed E-state index contributed by atoms with van der Waals surface area (Å²) in [7, 11) is 0. The summed E-state index contributed by atoms with van der Waals surface area (Å²) in [5, 5.41) is 8.34. The van der Waals surface area contributed by atoms with Gasteiger partial charge in [0, 0.05) is 5.56 Å². The SMILES string of the molecule is FC(F)(F)C(N=NC(c1ccccc1)(c1ccccc1)c1ccccc1)=Nc1ccccc1C#Cc1ccccc1. The summed E-state index contributed by atoms with van der Waals surface area (Å²) < 4.78 is 43.4. The van der Waals surface area contributed by atoms with Crippen LogP contribution in [0.25, 0.3) is 0 Å². The van der Waals surface area contributed by atoms with Gasteiger partial charge in [-0.1, -0.05) is 133 Å². The van der Waals surface area contributed by atoms with Gasteiger partial charge in [-0.25, -0.2) is 4.99 Å². The number of aliphatic imine (C=N–C) groups is 1. The van der Waals surface area contributed by atoms with Crippen LogP contribution in [0.5, 0.6) is 0 Å². The Morgan fingerprint density at radius 2 is 0.951 bits per heavy atom. The van der Waals surface area contributed by atoms with E-state index in [4.69, 9.17) is 0 Å². The van der Waals surface area contributed by atoms with Crippen molar-refractivity contribution < 1.29 is 13.2 Å². The zero-order valence-electron chi connectivity index (χ0n) is 21.8. The molecular weight excluding hydrogens is 519 g/mol. The Kier molecular flexibility index (Phi) is 8.17. The number of amidine groups is 1. The van der Waals surface area contributed by atoms with Gasteiger partial charge in [0.1, 0.15) is 0 Å². The van der Waals surface area contributed by atoms with Crippen molar-refractivity contribution in [2.75, 3.05) is 0 Å². The first-order valence-corrected chi connectivity index (χ1v) is 12.9. The zero-order chi connectivity index (χ0) is 28.5. The predicted octanol–water partition coefficient (Wildman–Crippen LogP) is 9.12. The maximum Gasteiger partial charge on any atom is 0.453 e. The molecule has 0 aliphatic carbocycles. The molecule has 0 spiro atoms. The molecule has 200 valence electrons. The van der Waals surface area contributed by atoms with Crippen LogP contribution in [0.3, 0.4) is 0 Å². The van der Waals surface area contributed by atoms with Crippen LogP contribution in [0.1, 0.15) is 27.8 Å². The molecule has 0 amide bonds. The van der Waals surface area contributed by atoms with Gasteiger partial charge in [-0.3, -0.25) is 0 Å². The number of para-hydroxylation sites is 1. The number of benzene rings is 5. The summed E-state index contributed by atoms with van der Waals surface area (Å²) in [6.45, 7) is 0. The molecule has 0 bridgehead atoms. The molecule has 5 aromatic carbocycles. The number of halogens is 3. The Morgan fingerprint density at radius 3 is 1.44 bits per heavy atom. The molecule has 0 radical (unpaired) electrons. The largest absolute Gasteiger partial charge is 0.453 e. The van der Waals surface area contributed by atoms with E-state index < -0.39 is 17.6 Å². The fourth-order valence-electron chi connectivity index (χ4n) is 4.43. The van der Waals surface area contributed by atoms with E-state index >= 15 is 0 Å². The Labute approximate surface area is 236 Å². The van der Waals surface area contributed by atoms with Gasteiger partial charge in [-0.15, -0.1) is 5.11 Å². The van der Waals surface area contributed by atoms with Gasteiger partial charge < -0.3 is 0 Å². The third-order valence-corrected chi connectivity index (χ3v) is 6.37. The highest BCUT2D eigenvalue weighted by atomic mass is 19.4. The van der Waals surface area contributed by atoms with Crippen molar-refractivity contribution >= 4 is 11.5 Å². The van der Waals surface area contributed by atoms with Crippen molar-refractivity contribution in [3.8, 4) is 11.8 Å². The van der Waals surface area contributed by atoms with E-state index in [1.807, 2.05) is 121 Å². The predicted molar refractivity (Wildman–Crippen MR) is 156 cm³/mol. The maximum absolute atomic E-state index is 14.5. The minimum absolute atomic E-state index is 0.0481. The molecule has 0 aliphatic rings. The summed E-state index contributed by atoms with van der Waals surface area (Å²) >= 11 is 0. The summed E-state index contributed by atoms with van der Waals surface area (Å²) in [6, 6.07) is 43.1. The molecule has 0 N–H and O–H groups in total. The standard InChI is InChI=1S/C35H24F3N3/c36-35(37,38)33(39-32-24-14-13-17-28(32)26-25-27-15-5-1-6-16-27)40-41-34(29-18-7-2-8-19-29,30-20-9-3-10-21-30)31-22-11-4-12-23-31/h1-24H. The maximum atomic E-state index is 14.5. The number of nitrogens with zero attached hydrogens (tertiary/aromatic N) is 3. The molecule has 0 atom stereocenters. The van der Waals surface area contributed by atoms with Crippen LogP contribution < -0.4 is 0 Å². The molecule has 0 fully saturated rings. The lowest BCUT2D eigenvalue weighted by molar-refractivity contribution is -0.0600. The van der Waals surface area contributed by atoms with E-state index in [1.165, 1.54) is 6.07 Å². The van der Waals surface area contributed by atoms with E-state index in [0.29, 0.717) is 22.3 Å². The zero-order valence-corrected chi connectivity index (χ0v) is 21.8. The number of hydrogen-bond donors (Lipinski definition) is 0.